The van der Waals surface area contributed by atoms with Gasteiger partial charge < -0.3 is 15.4 Å². The highest BCUT2D eigenvalue weighted by Gasteiger charge is 2.17. The van der Waals surface area contributed by atoms with Crippen molar-refractivity contribution < 1.29 is 9.53 Å². The van der Waals surface area contributed by atoms with Crippen molar-refractivity contribution in [1.29, 1.82) is 0 Å². The molecule has 1 heterocycles. The average Bonchev–Trinajstić information content (AvgIpc) is 3.05. The number of benzene rings is 1. The Labute approximate surface area is 149 Å². The molecule has 136 valence electrons. The van der Waals surface area contributed by atoms with Crippen LogP contribution in [0.5, 0.6) is 5.75 Å². The number of amides is 1. The minimum Gasteiger partial charge on any atom is -0.496 e. The van der Waals surface area contributed by atoms with Gasteiger partial charge in [0.1, 0.15) is 5.75 Å². The van der Waals surface area contributed by atoms with E-state index < -0.39 is 0 Å². The van der Waals surface area contributed by atoms with Crippen LogP contribution in [0, 0.1) is 6.92 Å². The van der Waals surface area contributed by atoms with Gasteiger partial charge in [0, 0.05) is 17.8 Å². The molecule has 25 heavy (non-hydrogen) atoms. The maximum atomic E-state index is 12.3. The summed E-state index contributed by atoms with van der Waals surface area (Å²) >= 11 is 0. The van der Waals surface area contributed by atoms with E-state index in [1.165, 1.54) is 0 Å². The highest BCUT2D eigenvalue weighted by atomic mass is 16.5. The lowest BCUT2D eigenvalue weighted by atomic mass is 10.1. The first-order valence-electron chi connectivity index (χ1n) is 8.58. The third-order valence-electron chi connectivity index (χ3n) is 4.44. The first-order valence-corrected chi connectivity index (χ1v) is 8.58. The van der Waals surface area contributed by atoms with Crippen LogP contribution in [0.2, 0.25) is 0 Å². The van der Waals surface area contributed by atoms with Crippen LogP contribution in [0.25, 0.3) is 0 Å². The highest BCUT2D eigenvalue weighted by molar-refractivity contribution is 5.78. The molecule has 0 aliphatic heterocycles. The zero-order valence-corrected chi connectivity index (χ0v) is 15.6. The van der Waals surface area contributed by atoms with E-state index in [2.05, 4.69) is 29.6 Å². The van der Waals surface area contributed by atoms with Crippen LogP contribution in [-0.4, -0.2) is 35.4 Å². The van der Waals surface area contributed by atoms with E-state index in [1.54, 1.807) is 7.11 Å². The van der Waals surface area contributed by atoms with Gasteiger partial charge in [-0.25, -0.2) is 0 Å². The van der Waals surface area contributed by atoms with Crippen LogP contribution in [0.4, 0.5) is 0 Å². The van der Waals surface area contributed by atoms with Crippen LogP contribution >= 0.6 is 0 Å². The van der Waals surface area contributed by atoms with E-state index in [1.807, 2.05) is 55.2 Å². The standard InChI is InChI=1S/C19H28N4O2/c1-13-10-21-23(12-13)16(4)14(2)20-11-19(24)22-15(3)17-8-6-7-9-18(17)25-5/h6-10,12,14-16,20H,11H2,1-5H3,(H,22,24)/t14-,15-,16-/m0/s1. The fourth-order valence-corrected chi connectivity index (χ4v) is 2.70. The second kappa shape index (κ2) is 8.67. The zero-order valence-electron chi connectivity index (χ0n) is 15.6. The predicted molar refractivity (Wildman–Crippen MR) is 98.7 cm³/mol. The summed E-state index contributed by atoms with van der Waals surface area (Å²) in [5.41, 5.74) is 2.09. The van der Waals surface area contributed by atoms with Crippen molar-refractivity contribution in [1.82, 2.24) is 20.4 Å². The molecule has 1 aromatic carbocycles. The number of aromatic nitrogens is 2. The zero-order chi connectivity index (χ0) is 18.4. The average molecular weight is 344 g/mol. The number of methoxy groups -OCH3 is 1. The maximum absolute atomic E-state index is 12.3. The van der Waals surface area contributed by atoms with Gasteiger partial charge in [-0.3, -0.25) is 9.48 Å². The Bertz CT molecular complexity index is 698. The first-order chi connectivity index (χ1) is 11.9. The molecule has 0 saturated heterocycles. The molecule has 2 rings (SSSR count). The van der Waals surface area contributed by atoms with Crippen LogP contribution in [-0.2, 0) is 4.79 Å². The largest absolute Gasteiger partial charge is 0.496 e. The molecular weight excluding hydrogens is 316 g/mol. The third-order valence-corrected chi connectivity index (χ3v) is 4.44. The van der Waals surface area contributed by atoms with Gasteiger partial charge >= 0.3 is 0 Å². The van der Waals surface area contributed by atoms with Gasteiger partial charge in [0.25, 0.3) is 0 Å². The number of nitrogens with one attached hydrogen (secondary N) is 2. The van der Waals surface area contributed by atoms with E-state index in [-0.39, 0.29) is 30.6 Å². The molecule has 0 radical (unpaired) electrons. The van der Waals surface area contributed by atoms with Gasteiger partial charge in [0.05, 0.1) is 31.9 Å². The Morgan fingerprint density at radius 2 is 2.00 bits per heavy atom. The second-order valence-electron chi connectivity index (χ2n) is 6.44. The summed E-state index contributed by atoms with van der Waals surface area (Å²) in [7, 11) is 1.63. The molecule has 0 unspecified atom stereocenters. The molecule has 0 saturated carbocycles. The number of rotatable bonds is 8. The normalized spacial score (nSPS) is 14.6. The van der Waals surface area contributed by atoms with Crippen LogP contribution in [0.15, 0.2) is 36.7 Å². The molecule has 0 fully saturated rings. The van der Waals surface area contributed by atoms with Gasteiger partial charge in [-0.1, -0.05) is 18.2 Å². The van der Waals surface area contributed by atoms with Crippen molar-refractivity contribution in [3.8, 4) is 5.75 Å². The molecule has 0 aliphatic rings. The van der Waals surface area contributed by atoms with Crippen LogP contribution in [0.1, 0.15) is 44.0 Å². The van der Waals surface area contributed by atoms with Crippen molar-refractivity contribution in [2.24, 2.45) is 0 Å². The molecule has 6 nitrogen and oxygen atoms in total. The number of nitrogens with zero attached hydrogens (tertiary/aromatic N) is 2. The van der Waals surface area contributed by atoms with Gasteiger partial charge in [-0.2, -0.15) is 5.10 Å². The number of hydrogen-bond acceptors (Lipinski definition) is 4. The smallest absolute Gasteiger partial charge is 0.234 e. The molecule has 2 N–H and O–H groups in total. The summed E-state index contributed by atoms with van der Waals surface area (Å²) in [5, 5.41) is 10.6. The van der Waals surface area contributed by atoms with Crippen molar-refractivity contribution in [3.05, 3.63) is 47.8 Å². The molecule has 0 spiro atoms. The van der Waals surface area contributed by atoms with Crippen molar-refractivity contribution in [2.45, 2.75) is 45.8 Å². The fraction of sp³-hybridized carbons (Fsp3) is 0.474. The lowest BCUT2D eigenvalue weighted by Crippen LogP contribution is -2.41. The number of ether oxygens (including phenoxy) is 1. The number of hydrogen-bond donors (Lipinski definition) is 2. The van der Waals surface area contributed by atoms with Crippen molar-refractivity contribution in [2.75, 3.05) is 13.7 Å². The summed E-state index contributed by atoms with van der Waals surface area (Å²) in [4.78, 5) is 12.3. The molecular formula is C19H28N4O2. The summed E-state index contributed by atoms with van der Waals surface area (Å²) in [6.07, 6.45) is 3.84. The SMILES string of the molecule is COc1ccccc1[C@H](C)NC(=O)CN[C@@H](C)[C@H](C)n1cc(C)cn1. The summed E-state index contributed by atoms with van der Waals surface area (Å²) in [6.45, 7) is 8.36. The number of carbonyl (C=O) groups is 1. The lowest BCUT2D eigenvalue weighted by Gasteiger charge is -2.22. The van der Waals surface area contributed by atoms with E-state index in [0.717, 1.165) is 16.9 Å². The molecule has 0 aliphatic carbocycles. The van der Waals surface area contributed by atoms with E-state index in [0.29, 0.717) is 0 Å². The molecule has 3 atom stereocenters. The minimum absolute atomic E-state index is 0.0471. The monoisotopic (exact) mass is 344 g/mol. The third kappa shape index (κ3) is 5.06. The fourth-order valence-electron chi connectivity index (χ4n) is 2.70. The first kappa shape index (κ1) is 19.0. The molecule has 1 amide bonds. The van der Waals surface area contributed by atoms with Crippen LogP contribution in [0.3, 0.4) is 0 Å². The van der Waals surface area contributed by atoms with Gasteiger partial charge in [-0.15, -0.1) is 0 Å². The van der Waals surface area contributed by atoms with Crippen molar-refractivity contribution >= 4 is 5.91 Å². The molecule has 0 bridgehead atoms. The second-order valence-corrected chi connectivity index (χ2v) is 6.44. The number of aryl methyl sites for hydroxylation is 1. The minimum atomic E-state index is -0.119. The lowest BCUT2D eigenvalue weighted by molar-refractivity contribution is -0.121. The van der Waals surface area contributed by atoms with Gasteiger partial charge in [-0.05, 0) is 39.3 Å². The summed E-state index contributed by atoms with van der Waals surface area (Å²) < 4.78 is 7.27. The highest BCUT2D eigenvalue weighted by Crippen LogP contribution is 2.24. The maximum Gasteiger partial charge on any atom is 0.234 e. The van der Waals surface area contributed by atoms with Crippen LogP contribution < -0.4 is 15.4 Å². The summed E-state index contributed by atoms with van der Waals surface area (Å²) in [5.74, 6) is 0.730. The number of para-hydroxylation sites is 1. The Hall–Kier alpha value is -2.34. The Morgan fingerprint density at radius 3 is 2.64 bits per heavy atom. The Morgan fingerprint density at radius 1 is 1.28 bits per heavy atom. The van der Waals surface area contributed by atoms with E-state index in [9.17, 15) is 4.79 Å². The topological polar surface area (TPSA) is 68.2 Å². The Kier molecular flexibility index (Phi) is 6.58. The molecule has 1 aromatic heterocycles. The van der Waals surface area contributed by atoms with Crippen molar-refractivity contribution in [3.63, 3.8) is 0 Å². The number of carbonyl (C=O) groups excluding carboxylic acids is 1. The van der Waals surface area contributed by atoms with Gasteiger partial charge in [0.2, 0.25) is 5.91 Å². The van der Waals surface area contributed by atoms with E-state index in [4.69, 9.17) is 4.74 Å². The Balaban J connectivity index is 1.85. The molecule has 6 heteroatoms. The summed E-state index contributed by atoms with van der Waals surface area (Å²) in [6, 6.07) is 7.87. The molecule has 2 aromatic rings. The predicted octanol–water partition coefficient (Wildman–Crippen LogP) is 2.62. The van der Waals surface area contributed by atoms with E-state index >= 15 is 0 Å². The van der Waals surface area contributed by atoms with Gasteiger partial charge in [0.15, 0.2) is 0 Å². The quantitative estimate of drug-likeness (QED) is 0.772.